The minimum atomic E-state index is -0.298. The van der Waals surface area contributed by atoms with Gasteiger partial charge in [0.25, 0.3) is 5.69 Å². The van der Waals surface area contributed by atoms with E-state index in [2.05, 4.69) is 11.5 Å². The number of hydrogen-bond donors (Lipinski definition) is 0. The first-order chi connectivity index (χ1) is 9.24. The molecule has 19 heavy (non-hydrogen) atoms. The van der Waals surface area contributed by atoms with Gasteiger partial charge in [-0.2, -0.15) is 0 Å². The van der Waals surface area contributed by atoms with Crippen molar-refractivity contribution in [3.63, 3.8) is 0 Å². The van der Waals surface area contributed by atoms with Crippen molar-refractivity contribution in [3.05, 3.63) is 52.6 Å². The molecule has 0 fully saturated rings. The number of nitro benzene ring substituents is 1. The average molecular weight is 254 g/mol. The molecular weight excluding hydrogens is 240 g/mol. The molecule has 0 spiro atoms. The first-order valence-corrected chi connectivity index (χ1v) is 6.38. The molecule has 1 heterocycles. The van der Waals surface area contributed by atoms with Crippen molar-refractivity contribution >= 4 is 27.5 Å². The molecule has 4 heteroatoms. The highest BCUT2D eigenvalue weighted by atomic mass is 16.6. The Morgan fingerprint density at radius 2 is 1.84 bits per heavy atom. The van der Waals surface area contributed by atoms with Gasteiger partial charge in [-0.25, -0.2) is 0 Å². The van der Waals surface area contributed by atoms with E-state index in [9.17, 15) is 10.1 Å². The van der Waals surface area contributed by atoms with Gasteiger partial charge in [0, 0.05) is 28.9 Å². The van der Waals surface area contributed by atoms with Gasteiger partial charge in [0.1, 0.15) is 5.52 Å². The molecule has 0 saturated carbocycles. The number of benzene rings is 2. The van der Waals surface area contributed by atoms with Gasteiger partial charge in [-0.05, 0) is 12.5 Å². The van der Waals surface area contributed by atoms with Crippen LogP contribution in [0.2, 0.25) is 0 Å². The first kappa shape index (κ1) is 11.7. The molecule has 0 bridgehead atoms. The van der Waals surface area contributed by atoms with E-state index < -0.39 is 0 Å². The van der Waals surface area contributed by atoms with Gasteiger partial charge in [-0.1, -0.05) is 37.3 Å². The van der Waals surface area contributed by atoms with E-state index >= 15 is 0 Å². The number of para-hydroxylation sites is 2. The van der Waals surface area contributed by atoms with Crippen molar-refractivity contribution in [1.29, 1.82) is 0 Å². The van der Waals surface area contributed by atoms with E-state index in [4.69, 9.17) is 0 Å². The molecule has 0 aliphatic heterocycles. The van der Waals surface area contributed by atoms with Crippen molar-refractivity contribution in [2.24, 2.45) is 0 Å². The fourth-order valence-electron chi connectivity index (χ4n) is 2.69. The lowest BCUT2D eigenvalue weighted by Crippen LogP contribution is -1.99. The molecule has 2 aromatic carbocycles. The number of nitrogens with zero attached hydrogens (tertiary/aromatic N) is 2. The predicted octanol–water partition coefficient (Wildman–Crippen LogP) is 4.11. The van der Waals surface area contributed by atoms with Crippen LogP contribution in [0.5, 0.6) is 0 Å². The number of nitro groups is 1. The van der Waals surface area contributed by atoms with E-state index in [1.807, 2.05) is 30.3 Å². The van der Waals surface area contributed by atoms with Gasteiger partial charge in [0.05, 0.1) is 4.92 Å². The van der Waals surface area contributed by atoms with Gasteiger partial charge in [0.15, 0.2) is 0 Å². The maximum Gasteiger partial charge on any atom is 0.293 e. The molecule has 4 nitrogen and oxygen atoms in total. The first-order valence-electron chi connectivity index (χ1n) is 6.38. The van der Waals surface area contributed by atoms with Crippen LogP contribution in [0.4, 0.5) is 5.69 Å². The summed E-state index contributed by atoms with van der Waals surface area (Å²) in [7, 11) is 0. The van der Waals surface area contributed by atoms with Crippen LogP contribution >= 0.6 is 0 Å². The fourth-order valence-corrected chi connectivity index (χ4v) is 2.69. The van der Waals surface area contributed by atoms with Crippen molar-refractivity contribution in [3.8, 4) is 0 Å². The Hall–Kier alpha value is -2.36. The summed E-state index contributed by atoms with van der Waals surface area (Å²) >= 11 is 0. The zero-order valence-electron chi connectivity index (χ0n) is 10.7. The van der Waals surface area contributed by atoms with Crippen LogP contribution in [0, 0.1) is 10.1 Å². The van der Waals surface area contributed by atoms with Crippen LogP contribution in [0.3, 0.4) is 0 Å². The zero-order chi connectivity index (χ0) is 13.4. The monoisotopic (exact) mass is 254 g/mol. The highest BCUT2D eigenvalue weighted by Crippen LogP contribution is 2.34. The Morgan fingerprint density at radius 3 is 2.58 bits per heavy atom. The predicted molar refractivity (Wildman–Crippen MR) is 76.4 cm³/mol. The molecule has 0 aliphatic rings. The van der Waals surface area contributed by atoms with Crippen LogP contribution in [-0.4, -0.2) is 9.49 Å². The van der Waals surface area contributed by atoms with Crippen LogP contribution in [0.1, 0.15) is 13.3 Å². The lowest BCUT2D eigenvalue weighted by molar-refractivity contribution is -0.383. The summed E-state index contributed by atoms with van der Waals surface area (Å²) in [6.07, 6.45) is 0.944. The Balaban J connectivity index is 2.53. The summed E-state index contributed by atoms with van der Waals surface area (Å²) < 4.78 is 2.06. The Labute approximate surface area is 110 Å². The fraction of sp³-hybridized carbons (Fsp3) is 0.200. The topological polar surface area (TPSA) is 48.1 Å². The second kappa shape index (κ2) is 4.39. The van der Waals surface area contributed by atoms with E-state index in [1.165, 1.54) is 0 Å². The minimum absolute atomic E-state index is 0.183. The van der Waals surface area contributed by atoms with E-state index in [-0.39, 0.29) is 10.6 Å². The van der Waals surface area contributed by atoms with Crippen LogP contribution in [0.15, 0.2) is 42.5 Å². The van der Waals surface area contributed by atoms with E-state index in [0.717, 1.165) is 34.8 Å². The maximum atomic E-state index is 11.2. The van der Waals surface area contributed by atoms with Gasteiger partial charge in [0.2, 0.25) is 0 Å². The molecule has 0 amide bonds. The number of aryl methyl sites for hydroxylation is 1. The van der Waals surface area contributed by atoms with Crippen molar-refractivity contribution in [1.82, 2.24) is 4.57 Å². The number of aromatic nitrogens is 1. The SMILES string of the molecule is CCCn1c2ccccc2c2cccc([N+](=O)[O-])c21. The summed E-state index contributed by atoms with van der Waals surface area (Å²) in [6, 6.07) is 13.3. The number of fused-ring (bicyclic) bond motifs is 3. The summed E-state index contributed by atoms with van der Waals surface area (Å²) in [5.74, 6) is 0. The Bertz CT molecular complexity index is 774. The van der Waals surface area contributed by atoms with Gasteiger partial charge < -0.3 is 4.57 Å². The molecule has 96 valence electrons. The third-order valence-electron chi connectivity index (χ3n) is 3.41. The molecular formula is C15H14N2O2. The summed E-state index contributed by atoms with van der Waals surface area (Å²) in [6.45, 7) is 2.87. The van der Waals surface area contributed by atoms with Crippen LogP contribution in [0.25, 0.3) is 21.8 Å². The van der Waals surface area contributed by atoms with Crippen LogP contribution < -0.4 is 0 Å². The third kappa shape index (κ3) is 1.68. The number of hydrogen-bond acceptors (Lipinski definition) is 2. The number of non-ortho nitro benzene ring substituents is 1. The van der Waals surface area contributed by atoms with E-state index in [0.29, 0.717) is 0 Å². The standard InChI is InChI=1S/C15H14N2O2/c1-2-10-16-13-8-4-3-6-11(13)12-7-5-9-14(15(12)16)17(18)19/h3-9H,2,10H2,1H3. The molecule has 3 rings (SSSR count). The van der Waals surface area contributed by atoms with E-state index in [1.54, 1.807) is 12.1 Å². The molecule has 0 radical (unpaired) electrons. The average Bonchev–Trinajstić information content (AvgIpc) is 2.74. The zero-order valence-corrected chi connectivity index (χ0v) is 10.7. The summed E-state index contributed by atoms with van der Waals surface area (Å²) in [5.41, 5.74) is 1.98. The normalized spacial score (nSPS) is 11.2. The van der Waals surface area contributed by atoms with Crippen molar-refractivity contribution in [2.45, 2.75) is 19.9 Å². The second-order valence-corrected chi connectivity index (χ2v) is 4.60. The minimum Gasteiger partial charge on any atom is -0.335 e. The highest BCUT2D eigenvalue weighted by molar-refractivity contribution is 6.10. The smallest absolute Gasteiger partial charge is 0.293 e. The van der Waals surface area contributed by atoms with Gasteiger partial charge in [-0.15, -0.1) is 0 Å². The Morgan fingerprint density at radius 1 is 1.11 bits per heavy atom. The highest BCUT2D eigenvalue weighted by Gasteiger charge is 2.19. The molecule has 3 aromatic rings. The lowest BCUT2D eigenvalue weighted by atomic mass is 10.1. The second-order valence-electron chi connectivity index (χ2n) is 4.60. The lowest BCUT2D eigenvalue weighted by Gasteiger charge is -2.05. The maximum absolute atomic E-state index is 11.2. The number of rotatable bonds is 3. The molecule has 0 unspecified atom stereocenters. The molecule has 1 aromatic heterocycles. The van der Waals surface area contributed by atoms with Crippen LogP contribution in [-0.2, 0) is 6.54 Å². The molecule has 0 atom stereocenters. The third-order valence-corrected chi connectivity index (χ3v) is 3.41. The molecule has 0 aliphatic carbocycles. The van der Waals surface area contributed by atoms with Crippen molar-refractivity contribution < 1.29 is 4.92 Å². The molecule has 0 saturated heterocycles. The Kier molecular flexibility index (Phi) is 2.71. The quantitative estimate of drug-likeness (QED) is 0.521. The largest absolute Gasteiger partial charge is 0.335 e. The van der Waals surface area contributed by atoms with Gasteiger partial charge in [-0.3, -0.25) is 10.1 Å². The summed E-state index contributed by atoms with van der Waals surface area (Å²) in [5, 5.41) is 13.3. The van der Waals surface area contributed by atoms with Gasteiger partial charge >= 0.3 is 0 Å². The summed E-state index contributed by atoms with van der Waals surface area (Å²) in [4.78, 5) is 10.9. The molecule has 0 N–H and O–H groups in total. The van der Waals surface area contributed by atoms with Crippen molar-refractivity contribution in [2.75, 3.05) is 0 Å².